The van der Waals surface area contributed by atoms with E-state index in [1.54, 1.807) is 25.1 Å². The number of benzene rings is 2. The number of rotatable bonds is 1. The van der Waals surface area contributed by atoms with Crippen molar-refractivity contribution >= 4 is 45.6 Å². The summed E-state index contributed by atoms with van der Waals surface area (Å²) in [7, 11) is -3.89. The predicted molar refractivity (Wildman–Crippen MR) is 231 cm³/mol. The van der Waals surface area contributed by atoms with E-state index in [1.165, 1.54) is 11.1 Å². The molecule has 7 atom stereocenters. The molecule has 0 aromatic heterocycles. The highest BCUT2D eigenvalue weighted by molar-refractivity contribution is 7.90. The smallest absolute Gasteiger partial charge is 0.410 e. The number of hydrogen-bond donors (Lipinski definition) is 2. The fourth-order valence-corrected chi connectivity index (χ4v) is 11.7. The Kier molecular flexibility index (Phi) is 13.3. The van der Waals surface area contributed by atoms with E-state index in [-0.39, 0.29) is 23.3 Å². The lowest BCUT2D eigenvalue weighted by Crippen LogP contribution is -2.62. The van der Waals surface area contributed by atoms with Gasteiger partial charge in [-0.25, -0.2) is 17.9 Å². The number of fused-ring (bicyclic) bond motifs is 5. The van der Waals surface area contributed by atoms with E-state index in [9.17, 15) is 22.8 Å². The van der Waals surface area contributed by atoms with Crippen molar-refractivity contribution < 1.29 is 32.3 Å². The van der Waals surface area contributed by atoms with E-state index >= 15 is 0 Å². The highest BCUT2D eigenvalue weighted by Crippen LogP contribution is 2.47. The maximum atomic E-state index is 13.3. The Bertz CT molecular complexity index is 1980. The number of ether oxygens (including phenoxy) is 2. The molecule has 2 bridgehead atoms. The molecule has 0 radical (unpaired) electrons. The van der Waals surface area contributed by atoms with Gasteiger partial charge in [0.2, 0.25) is 10.0 Å². The van der Waals surface area contributed by atoms with Crippen molar-refractivity contribution in [2.45, 2.75) is 108 Å². The Labute approximate surface area is 356 Å². The van der Waals surface area contributed by atoms with Crippen LogP contribution in [0.5, 0.6) is 5.75 Å². The summed E-state index contributed by atoms with van der Waals surface area (Å²) in [6.45, 7) is 16.9. The number of aldehydes is 1. The fraction of sp³-hybridized carbons (Fsp3) is 0.667. The summed E-state index contributed by atoms with van der Waals surface area (Å²) in [6, 6.07) is 11.9. The van der Waals surface area contributed by atoms with Crippen LogP contribution >= 0.6 is 11.6 Å². The summed E-state index contributed by atoms with van der Waals surface area (Å²) in [4.78, 5) is 44.3. The molecule has 6 aliphatic rings. The van der Waals surface area contributed by atoms with Crippen LogP contribution in [0.1, 0.15) is 101 Å². The largest absolute Gasteiger partial charge is 0.490 e. The third-order valence-corrected chi connectivity index (χ3v) is 16.0. The fourth-order valence-electron chi connectivity index (χ4n) is 10.2. The maximum Gasteiger partial charge on any atom is 0.410 e. The minimum absolute atomic E-state index is 0.0315. The number of sulfonamides is 1. The van der Waals surface area contributed by atoms with Crippen LogP contribution in [-0.2, 0) is 31.4 Å². The highest BCUT2D eigenvalue weighted by Gasteiger charge is 2.45. The van der Waals surface area contributed by atoms with Gasteiger partial charge in [0.15, 0.2) is 0 Å². The number of nitrogens with zero attached hydrogens (tertiary/aromatic N) is 3. The Morgan fingerprint density at radius 2 is 1.83 bits per heavy atom. The first-order valence-corrected chi connectivity index (χ1v) is 23.7. The molecule has 4 heterocycles. The predicted octanol–water partition coefficient (Wildman–Crippen LogP) is 6.43. The van der Waals surface area contributed by atoms with Crippen molar-refractivity contribution in [2.24, 2.45) is 23.7 Å². The van der Waals surface area contributed by atoms with Gasteiger partial charge in [-0.3, -0.25) is 9.69 Å². The van der Waals surface area contributed by atoms with Crippen molar-refractivity contribution in [3.8, 4) is 5.75 Å². The van der Waals surface area contributed by atoms with Gasteiger partial charge in [0, 0.05) is 80.3 Å². The molecule has 1 spiro atoms. The minimum Gasteiger partial charge on any atom is -0.490 e. The van der Waals surface area contributed by atoms with E-state index in [4.69, 9.17) is 21.1 Å². The second-order valence-corrected chi connectivity index (χ2v) is 21.5. The van der Waals surface area contributed by atoms with Gasteiger partial charge in [-0.2, -0.15) is 0 Å². The zero-order valence-corrected chi connectivity index (χ0v) is 37.1. The van der Waals surface area contributed by atoms with Crippen LogP contribution in [0.25, 0.3) is 0 Å². The lowest BCUT2D eigenvalue weighted by Gasteiger charge is -2.46. The first-order chi connectivity index (χ1) is 28.1. The average Bonchev–Trinajstić information content (AvgIpc) is 3.34. The topological polar surface area (TPSA) is 138 Å². The molecule has 4 aliphatic heterocycles. The Morgan fingerprint density at radius 3 is 2.58 bits per heavy atom. The maximum absolute atomic E-state index is 13.3. The Morgan fingerprint density at radius 1 is 1.02 bits per heavy atom. The molecule has 324 valence electrons. The van der Waals surface area contributed by atoms with Gasteiger partial charge in [-0.15, -0.1) is 0 Å². The van der Waals surface area contributed by atoms with Gasteiger partial charge < -0.3 is 29.4 Å². The first-order valence-electron chi connectivity index (χ1n) is 21.8. The number of anilines is 1. The summed E-state index contributed by atoms with van der Waals surface area (Å²) in [5.74, 6) is 0.559. The van der Waals surface area contributed by atoms with Crippen molar-refractivity contribution in [1.82, 2.24) is 19.8 Å². The third-order valence-electron chi connectivity index (χ3n) is 13.9. The summed E-state index contributed by atoms with van der Waals surface area (Å²) in [6.07, 6.45) is 8.25. The summed E-state index contributed by atoms with van der Waals surface area (Å²) in [5, 5.41) is 3.37. The lowest BCUT2D eigenvalue weighted by molar-refractivity contribution is -0.115. The second-order valence-electron chi connectivity index (χ2n) is 19.0. The number of piperazine rings is 2. The molecule has 2 amide bonds. The van der Waals surface area contributed by atoms with Crippen LogP contribution in [0.3, 0.4) is 0 Å². The zero-order chi connectivity index (χ0) is 42.1. The van der Waals surface area contributed by atoms with Crippen molar-refractivity contribution in [2.75, 3.05) is 63.9 Å². The van der Waals surface area contributed by atoms with E-state index in [0.29, 0.717) is 48.8 Å². The average molecular weight is 855 g/mol. The zero-order valence-electron chi connectivity index (χ0n) is 35.5. The SMILES string of the molecule is CC(C)(C)OC(=O)N1CCN2CCNCC2C1.C[C@@H]1[C@@H](C)CCCC(C=O)[C@@H]2CC[C@H]2CN2C[C@@]3(CCCc4cc(Cl)ccc43)COc3ccc(cc32)C(=O)NS1(=O)=O. The van der Waals surface area contributed by atoms with Crippen molar-refractivity contribution in [3.05, 3.63) is 58.1 Å². The third kappa shape index (κ3) is 9.89. The Hall–Kier alpha value is -3.39. The van der Waals surface area contributed by atoms with E-state index in [1.807, 2.05) is 38.7 Å². The van der Waals surface area contributed by atoms with Crippen LogP contribution in [0.2, 0.25) is 5.02 Å². The minimum atomic E-state index is -3.89. The number of hydrogen-bond acceptors (Lipinski definition) is 10. The molecule has 8 rings (SSSR count). The highest BCUT2D eigenvalue weighted by atomic mass is 35.5. The van der Waals surface area contributed by atoms with Crippen molar-refractivity contribution in [1.29, 1.82) is 0 Å². The van der Waals surface area contributed by atoms with Crippen LogP contribution in [0.15, 0.2) is 36.4 Å². The number of amides is 2. The van der Waals surface area contributed by atoms with Crippen LogP contribution in [-0.4, -0.2) is 112 Å². The quantitative estimate of drug-likeness (QED) is 0.309. The molecule has 59 heavy (non-hydrogen) atoms. The normalized spacial score (nSPS) is 31.0. The second kappa shape index (κ2) is 17.9. The van der Waals surface area contributed by atoms with Gasteiger partial charge in [-0.05, 0) is 132 Å². The molecule has 12 nitrogen and oxygen atoms in total. The van der Waals surface area contributed by atoms with Crippen LogP contribution < -0.4 is 19.7 Å². The molecule has 2 saturated heterocycles. The van der Waals surface area contributed by atoms with Gasteiger partial charge in [0.25, 0.3) is 5.91 Å². The molecular weight excluding hydrogens is 790 g/mol. The van der Waals surface area contributed by atoms with Gasteiger partial charge in [0.1, 0.15) is 17.6 Å². The number of carbonyl (C=O) groups excluding carboxylic acids is 3. The molecule has 2 aliphatic carbocycles. The number of aryl methyl sites for hydroxylation is 1. The molecule has 1 saturated carbocycles. The summed E-state index contributed by atoms with van der Waals surface area (Å²) in [5.41, 5.74) is 2.97. The number of halogens is 1. The van der Waals surface area contributed by atoms with E-state index in [2.05, 4.69) is 32.0 Å². The van der Waals surface area contributed by atoms with E-state index < -0.39 is 26.8 Å². The Balaban J connectivity index is 0.000000259. The van der Waals surface area contributed by atoms with Gasteiger partial charge in [0.05, 0.1) is 17.5 Å². The molecule has 2 aromatic carbocycles. The number of nitrogens with one attached hydrogen (secondary N) is 2. The molecule has 2 unspecified atom stereocenters. The van der Waals surface area contributed by atoms with Gasteiger partial charge >= 0.3 is 6.09 Å². The number of carbonyl (C=O) groups is 3. The molecule has 3 fully saturated rings. The molecule has 2 N–H and O–H groups in total. The van der Waals surface area contributed by atoms with Crippen molar-refractivity contribution in [3.63, 3.8) is 0 Å². The monoisotopic (exact) mass is 853 g/mol. The molecule has 2 aromatic rings. The lowest BCUT2D eigenvalue weighted by atomic mass is 9.65. The van der Waals surface area contributed by atoms with Crippen LogP contribution in [0.4, 0.5) is 10.5 Å². The molecular formula is C45H64ClN5O7S. The summed E-state index contributed by atoms with van der Waals surface area (Å²) >= 11 is 6.39. The first kappa shape index (κ1) is 43.7. The van der Waals surface area contributed by atoms with Crippen LogP contribution in [0, 0.1) is 23.7 Å². The van der Waals surface area contributed by atoms with Gasteiger partial charge in [-0.1, -0.05) is 31.0 Å². The summed E-state index contributed by atoms with van der Waals surface area (Å²) < 4.78 is 40.7. The standard InChI is InChI=1S/C33H41ClN2O5S.C12H23N3O2/c1-21-5-3-6-26(18-37)28-11-8-25(28)17-36-19-33(14-4-7-23-15-27(34)10-12-29(23)33)20-41-31-13-9-24(16-30(31)36)32(38)35-42(39,40)22(21)2;1-12(2,3)17-11(16)15-7-6-14-5-4-13-8-10(14)9-15/h9-10,12-13,15-16,18,21-22,25-26,28H,3-8,11,14,17,19-20H2,1-2H3,(H,35,38);10,13H,4-9H2,1-3H3/t21-,22+,25-,26?,28+,33-;/m0./s1. The van der Waals surface area contributed by atoms with E-state index in [0.717, 1.165) is 108 Å². The molecule has 14 heteroatoms.